The Morgan fingerprint density at radius 3 is 2.48 bits per heavy atom. The van der Waals surface area contributed by atoms with Crippen molar-refractivity contribution >= 4 is 28.6 Å². The Kier molecular flexibility index (Phi) is 5.07. The molecular formula is C19H16F3N5. The largest absolute Gasteiger partial charge is 0.416 e. The standard InChI is InChI=1S/C19H16F3N5/c20-19(21,22)15-4-1-12(2-5-15)10-26-18-11-25-17-7-13(14(8-23)9-24)3-6-16(17)27-18/h1-9,11,23H,10,24H2,(H,26,27)/b14-9+,23-8?. The third-order valence-electron chi connectivity index (χ3n) is 3.97. The average molecular weight is 371 g/mol. The fourth-order valence-corrected chi connectivity index (χ4v) is 2.51. The number of alkyl halides is 3. The molecule has 138 valence electrons. The summed E-state index contributed by atoms with van der Waals surface area (Å²) in [4.78, 5) is 8.77. The van der Waals surface area contributed by atoms with Crippen LogP contribution in [0.3, 0.4) is 0 Å². The molecule has 0 unspecified atom stereocenters. The molecule has 1 heterocycles. The smallest absolute Gasteiger partial charge is 0.404 e. The van der Waals surface area contributed by atoms with Gasteiger partial charge in [-0.3, -0.25) is 4.98 Å². The molecule has 0 aliphatic rings. The molecule has 0 fully saturated rings. The maximum absolute atomic E-state index is 12.6. The Balaban J connectivity index is 1.74. The van der Waals surface area contributed by atoms with Crippen molar-refractivity contribution in [2.24, 2.45) is 5.73 Å². The maximum atomic E-state index is 12.6. The van der Waals surface area contributed by atoms with E-state index in [1.807, 2.05) is 0 Å². The molecule has 0 spiro atoms. The highest BCUT2D eigenvalue weighted by molar-refractivity contribution is 6.08. The van der Waals surface area contributed by atoms with Crippen LogP contribution in [0.15, 0.2) is 54.9 Å². The van der Waals surface area contributed by atoms with Gasteiger partial charge in [0.05, 0.1) is 22.8 Å². The van der Waals surface area contributed by atoms with E-state index in [-0.39, 0.29) is 0 Å². The zero-order chi connectivity index (χ0) is 19.4. The fraction of sp³-hybridized carbons (Fsp3) is 0.105. The summed E-state index contributed by atoms with van der Waals surface area (Å²) in [5.74, 6) is 0.511. The van der Waals surface area contributed by atoms with E-state index in [9.17, 15) is 13.2 Å². The normalized spacial score (nSPS) is 12.2. The minimum Gasteiger partial charge on any atom is -0.404 e. The molecular weight excluding hydrogens is 355 g/mol. The summed E-state index contributed by atoms with van der Waals surface area (Å²) in [5.41, 5.74) is 8.14. The molecule has 3 rings (SSSR count). The molecule has 0 bridgehead atoms. The van der Waals surface area contributed by atoms with Gasteiger partial charge in [0.15, 0.2) is 0 Å². The Bertz CT molecular complexity index is 994. The van der Waals surface area contributed by atoms with Crippen LogP contribution in [-0.2, 0) is 12.7 Å². The Hall–Kier alpha value is -3.42. The summed E-state index contributed by atoms with van der Waals surface area (Å²) < 4.78 is 37.8. The van der Waals surface area contributed by atoms with Crippen LogP contribution >= 0.6 is 0 Å². The van der Waals surface area contributed by atoms with Crippen molar-refractivity contribution in [1.82, 2.24) is 9.97 Å². The predicted molar refractivity (Wildman–Crippen MR) is 99.3 cm³/mol. The average Bonchev–Trinajstić information content (AvgIpc) is 2.67. The van der Waals surface area contributed by atoms with E-state index in [0.717, 1.165) is 23.9 Å². The Morgan fingerprint density at radius 1 is 1.11 bits per heavy atom. The molecule has 1 aromatic heterocycles. The first-order valence-corrected chi connectivity index (χ1v) is 8.00. The second kappa shape index (κ2) is 7.45. The summed E-state index contributed by atoms with van der Waals surface area (Å²) in [6.07, 6.45) is -0.284. The van der Waals surface area contributed by atoms with E-state index in [1.54, 1.807) is 24.4 Å². The minimum atomic E-state index is -4.34. The van der Waals surface area contributed by atoms with Crippen molar-refractivity contribution in [1.29, 1.82) is 5.41 Å². The van der Waals surface area contributed by atoms with Crippen LogP contribution in [0, 0.1) is 5.41 Å². The van der Waals surface area contributed by atoms with E-state index in [0.29, 0.717) is 34.5 Å². The number of halogens is 3. The number of hydrogen-bond donors (Lipinski definition) is 3. The molecule has 8 heteroatoms. The number of benzene rings is 2. The molecule has 0 aliphatic carbocycles. The van der Waals surface area contributed by atoms with Gasteiger partial charge in [0.2, 0.25) is 0 Å². The number of nitrogens with zero attached hydrogens (tertiary/aromatic N) is 2. The minimum absolute atomic E-state index is 0.324. The molecule has 27 heavy (non-hydrogen) atoms. The van der Waals surface area contributed by atoms with E-state index in [4.69, 9.17) is 11.1 Å². The van der Waals surface area contributed by atoms with Gasteiger partial charge in [0, 0.05) is 24.5 Å². The van der Waals surface area contributed by atoms with Gasteiger partial charge in [0.1, 0.15) is 5.82 Å². The highest BCUT2D eigenvalue weighted by atomic mass is 19.4. The number of hydrogen-bond acceptors (Lipinski definition) is 5. The van der Waals surface area contributed by atoms with Gasteiger partial charge in [-0.2, -0.15) is 13.2 Å². The van der Waals surface area contributed by atoms with Gasteiger partial charge in [-0.25, -0.2) is 4.98 Å². The number of allylic oxidation sites excluding steroid dienone is 1. The van der Waals surface area contributed by atoms with Gasteiger partial charge < -0.3 is 16.5 Å². The maximum Gasteiger partial charge on any atom is 0.416 e. The van der Waals surface area contributed by atoms with Gasteiger partial charge in [-0.05, 0) is 35.4 Å². The SMILES string of the molecule is N=C/C(=C\N)c1ccc2nc(NCc3ccc(C(F)(F)F)cc3)cnc2c1. The lowest BCUT2D eigenvalue weighted by Crippen LogP contribution is -2.06. The summed E-state index contributed by atoms with van der Waals surface area (Å²) in [6, 6.07) is 10.3. The Labute approximate surface area is 153 Å². The van der Waals surface area contributed by atoms with E-state index in [1.165, 1.54) is 18.3 Å². The predicted octanol–water partition coefficient (Wildman–Crippen LogP) is 4.21. The van der Waals surface area contributed by atoms with Crippen molar-refractivity contribution in [2.45, 2.75) is 12.7 Å². The highest BCUT2D eigenvalue weighted by Gasteiger charge is 2.29. The molecule has 0 aliphatic heterocycles. The number of anilines is 1. The van der Waals surface area contributed by atoms with Gasteiger partial charge in [0.25, 0.3) is 0 Å². The number of nitrogens with two attached hydrogens (primary N) is 1. The molecule has 0 atom stereocenters. The van der Waals surface area contributed by atoms with E-state index >= 15 is 0 Å². The van der Waals surface area contributed by atoms with Crippen LogP contribution in [0.1, 0.15) is 16.7 Å². The number of aromatic nitrogens is 2. The zero-order valence-corrected chi connectivity index (χ0v) is 14.1. The quantitative estimate of drug-likeness (QED) is 0.586. The monoisotopic (exact) mass is 371 g/mol. The molecule has 0 amide bonds. The third-order valence-corrected chi connectivity index (χ3v) is 3.97. The second-order valence-corrected chi connectivity index (χ2v) is 5.77. The van der Waals surface area contributed by atoms with Crippen LogP contribution < -0.4 is 11.1 Å². The summed E-state index contributed by atoms with van der Waals surface area (Å²) in [5, 5.41) is 10.4. The van der Waals surface area contributed by atoms with Gasteiger partial charge >= 0.3 is 6.18 Å². The molecule has 5 nitrogen and oxygen atoms in total. The highest BCUT2D eigenvalue weighted by Crippen LogP contribution is 2.29. The molecule has 0 radical (unpaired) electrons. The summed E-state index contributed by atoms with van der Waals surface area (Å²) in [6.45, 7) is 0.324. The molecule has 0 saturated heterocycles. The Morgan fingerprint density at radius 2 is 1.85 bits per heavy atom. The van der Waals surface area contributed by atoms with Gasteiger partial charge in [-0.15, -0.1) is 0 Å². The van der Waals surface area contributed by atoms with Crippen molar-refractivity contribution in [2.75, 3.05) is 5.32 Å². The number of nitrogens with one attached hydrogen (secondary N) is 2. The van der Waals surface area contributed by atoms with Crippen LogP contribution in [0.4, 0.5) is 19.0 Å². The lowest BCUT2D eigenvalue weighted by Gasteiger charge is -2.09. The topological polar surface area (TPSA) is 87.7 Å². The second-order valence-electron chi connectivity index (χ2n) is 5.77. The molecule has 3 aromatic rings. The van der Waals surface area contributed by atoms with Crippen LogP contribution in [0.25, 0.3) is 16.6 Å². The van der Waals surface area contributed by atoms with Gasteiger partial charge in [-0.1, -0.05) is 18.2 Å². The van der Waals surface area contributed by atoms with E-state index in [2.05, 4.69) is 15.3 Å². The molecule has 4 N–H and O–H groups in total. The molecule has 0 saturated carbocycles. The summed E-state index contributed by atoms with van der Waals surface area (Å²) in [7, 11) is 0. The van der Waals surface area contributed by atoms with Crippen LogP contribution in [0.2, 0.25) is 0 Å². The lowest BCUT2D eigenvalue weighted by atomic mass is 10.1. The van der Waals surface area contributed by atoms with E-state index < -0.39 is 11.7 Å². The number of fused-ring (bicyclic) bond motifs is 1. The van der Waals surface area contributed by atoms with Crippen LogP contribution in [-0.4, -0.2) is 16.2 Å². The van der Waals surface area contributed by atoms with Crippen molar-refractivity contribution in [3.05, 3.63) is 71.6 Å². The first kappa shape index (κ1) is 18.4. The first-order valence-electron chi connectivity index (χ1n) is 8.00. The van der Waals surface area contributed by atoms with Crippen molar-refractivity contribution in [3.8, 4) is 0 Å². The third kappa shape index (κ3) is 4.22. The zero-order valence-electron chi connectivity index (χ0n) is 14.1. The molecule has 2 aromatic carbocycles. The summed E-state index contributed by atoms with van der Waals surface area (Å²) >= 11 is 0. The van der Waals surface area contributed by atoms with Crippen molar-refractivity contribution in [3.63, 3.8) is 0 Å². The van der Waals surface area contributed by atoms with Crippen molar-refractivity contribution < 1.29 is 13.2 Å². The fourth-order valence-electron chi connectivity index (χ4n) is 2.51. The van der Waals surface area contributed by atoms with Crippen LogP contribution in [0.5, 0.6) is 0 Å². The lowest BCUT2D eigenvalue weighted by molar-refractivity contribution is -0.137. The first-order chi connectivity index (χ1) is 12.9. The number of rotatable bonds is 5.